The van der Waals surface area contributed by atoms with E-state index in [0.29, 0.717) is 22.0 Å². The Morgan fingerprint density at radius 3 is 2.54 bits per heavy atom. The summed E-state index contributed by atoms with van der Waals surface area (Å²) in [6.07, 6.45) is -0.0878. The Morgan fingerprint density at radius 2 is 1.83 bits per heavy atom. The van der Waals surface area contributed by atoms with E-state index in [2.05, 4.69) is 5.32 Å². The number of hydrogen-bond donors (Lipinski definition) is 1. The lowest BCUT2D eigenvalue weighted by atomic mass is 10.0. The van der Waals surface area contributed by atoms with Crippen molar-refractivity contribution in [2.24, 2.45) is 0 Å². The Hall–Kier alpha value is -2.98. The number of benzene rings is 3. The molecule has 0 aromatic heterocycles. The standard InChI is InChI=1S/C24H19Cl2FN2O5S/c25-21-7-4-18(11-16(21)12-23(30)15-2-1-3-17(27)10-15)28-24(31)20-6-5-19(13-22(20)26)29-8-9-34-14-35(29,32)33/h1-7,10-11,13H,8-9,12,14H2,(H,28,31). The van der Waals surface area contributed by atoms with Crippen molar-refractivity contribution < 1.29 is 27.1 Å². The zero-order valence-electron chi connectivity index (χ0n) is 18.1. The second kappa shape index (κ2) is 10.3. The highest BCUT2D eigenvalue weighted by Crippen LogP contribution is 2.28. The van der Waals surface area contributed by atoms with Gasteiger partial charge in [-0.05, 0) is 54.1 Å². The molecule has 0 unspecified atom stereocenters. The minimum atomic E-state index is -3.63. The van der Waals surface area contributed by atoms with Crippen molar-refractivity contribution in [1.29, 1.82) is 0 Å². The van der Waals surface area contributed by atoms with Crippen molar-refractivity contribution in [3.63, 3.8) is 0 Å². The van der Waals surface area contributed by atoms with Crippen LogP contribution in [0.15, 0.2) is 60.7 Å². The molecule has 0 atom stereocenters. The van der Waals surface area contributed by atoms with E-state index in [1.807, 2.05) is 0 Å². The Balaban J connectivity index is 1.50. The molecule has 0 radical (unpaired) electrons. The first-order chi connectivity index (χ1) is 16.6. The van der Waals surface area contributed by atoms with E-state index in [1.165, 1.54) is 40.7 Å². The summed E-state index contributed by atoms with van der Waals surface area (Å²) < 4.78 is 44.1. The molecule has 1 saturated heterocycles. The summed E-state index contributed by atoms with van der Waals surface area (Å²) >= 11 is 12.5. The number of nitrogens with zero attached hydrogens (tertiary/aromatic N) is 1. The number of anilines is 2. The van der Waals surface area contributed by atoms with Gasteiger partial charge in [0.05, 0.1) is 29.4 Å². The number of ether oxygens (including phenoxy) is 1. The van der Waals surface area contributed by atoms with Crippen molar-refractivity contribution in [3.05, 3.63) is 93.2 Å². The van der Waals surface area contributed by atoms with Gasteiger partial charge in [-0.3, -0.25) is 13.9 Å². The minimum Gasteiger partial charge on any atom is -0.362 e. The van der Waals surface area contributed by atoms with Gasteiger partial charge >= 0.3 is 0 Å². The zero-order valence-corrected chi connectivity index (χ0v) is 20.5. The van der Waals surface area contributed by atoms with Crippen LogP contribution in [-0.2, 0) is 21.2 Å². The van der Waals surface area contributed by atoms with E-state index >= 15 is 0 Å². The molecule has 3 aromatic carbocycles. The monoisotopic (exact) mass is 536 g/mol. The Labute approximate surface area is 211 Å². The van der Waals surface area contributed by atoms with E-state index in [-0.39, 0.29) is 41.5 Å². The number of rotatable bonds is 6. The molecule has 0 saturated carbocycles. The van der Waals surface area contributed by atoms with Crippen LogP contribution in [-0.4, -0.2) is 39.2 Å². The number of amides is 1. The van der Waals surface area contributed by atoms with E-state index in [4.69, 9.17) is 27.9 Å². The highest BCUT2D eigenvalue weighted by atomic mass is 35.5. The minimum absolute atomic E-state index is 0.0668. The van der Waals surface area contributed by atoms with Crippen LogP contribution in [0.4, 0.5) is 15.8 Å². The van der Waals surface area contributed by atoms with Crippen LogP contribution in [0.25, 0.3) is 0 Å². The van der Waals surface area contributed by atoms with Gasteiger partial charge in [-0.25, -0.2) is 12.8 Å². The fourth-order valence-corrected chi connectivity index (χ4v) is 5.26. The molecule has 35 heavy (non-hydrogen) atoms. The Morgan fingerprint density at radius 1 is 1.03 bits per heavy atom. The number of carbonyl (C=O) groups is 2. The lowest BCUT2D eigenvalue weighted by molar-refractivity contribution is 0.0991. The highest BCUT2D eigenvalue weighted by molar-refractivity contribution is 7.92. The van der Waals surface area contributed by atoms with Gasteiger partial charge < -0.3 is 10.1 Å². The lowest BCUT2D eigenvalue weighted by Crippen LogP contribution is -2.41. The van der Waals surface area contributed by atoms with Gasteiger partial charge in [-0.2, -0.15) is 0 Å². The summed E-state index contributed by atoms with van der Waals surface area (Å²) in [7, 11) is -3.63. The van der Waals surface area contributed by atoms with Crippen molar-refractivity contribution >= 4 is 56.3 Å². The molecule has 7 nitrogen and oxygen atoms in total. The van der Waals surface area contributed by atoms with Crippen LogP contribution in [0.5, 0.6) is 0 Å². The first-order valence-corrected chi connectivity index (χ1v) is 12.8. The van der Waals surface area contributed by atoms with Crippen molar-refractivity contribution in [3.8, 4) is 0 Å². The summed E-state index contributed by atoms with van der Waals surface area (Å²) in [5, 5.41) is 3.09. The predicted octanol–water partition coefficient (Wildman–Crippen LogP) is 4.93. The molecule has 1 aliphatic heterocycles. The van der Waals surface area contributed by atoms with Crippen LogP contribution in [0.2, 0.25) is 10.0 Å². The molecule has 4 rings (SSSR count). The van der Waals surface area contributed by atoms with Gasteiger partial charge in [0.15, 0.2) is 11.7 Å². The Bertz CT molecular complexity index is 1410. The Kier molecular flexibility index (Phi) is 7.42. The molecule has 11 heteroatoms. The molecule has 182 valence electrons. The van der Waals surface area contributed by atoms with Gasteiger partial charge in [0, 0.05) is 22.7 Å². The number of sulfonamides is 1. The highest BCUT2D eigenvalue weighted by Gasteiger charge is 2.27. The molecule has 1 heterocycles. The molecule has 1 N–H and O–H groups in total. The molecule has 3 aromatic rings. The van der Waals surface area contributed by atoms with E-state index in [9.17, 15) is 22.4 Å². The largest absolute Gasteiger partial charge is 0.362 e. The fraction of sp³-hybridized carbons (Fsp3) is 0.167. The van der Waals surface area contributed by atoms with Crippen molar-refractivity contribution in [1.82, 2.24) is 0 Å². The number of nitrogens with one attached hydrogen (secondary N) is 1. The number of ketones is 1. The normalized spacial score (nSPS) is 15.0. The van der Waals surface area contributed by atoms with Crippen LogP contribution in [0, 0.1) is 5.82 Å². The van der Waals surface area contributed by atoms with Crippen molar-refractivity contribution in [2.45, 2.75) is 6.42 Å². The van der Waals surface area contributed by atoms with Gasteiger partial charge in [0.25, 0.3) is 15.9 Å². The summed E-state index contributed by atoms with van der Waals surface area (Å²) in [6, 6.07) is 14.4. The first kappa shape index (κ1) is 25.1. The van der Waals surface area contributed by atoms with E-state index < -0.39 is 27.7 Å². The van der Waals surface area contributed by atoms with Gasteiger partial charge in [0.1, 0.15) is 5.82 Å². The van der Waals surface area contributed by atoms with Gasteiger partial charge in [-0.1, -0.05) is 35.3 Å². The smallest absolute Gasteiger partial charge is 0.259 e. The number of Topliss-reactive ketones (excluding diaryl/α,β-unsaturated/α-hetero) is 1. The molecular formula is C24H19Cl2FN2O5S. The summed E-state index contributed by atoms with van der Waals surface area (Å²) in [6.45, 7) is 0.395. The number of halogens is 3. The zero-order chi connectivity index (χ0) is 25.2. The third-order valence-electron chi connectivity index (χ3n) is 5.29. The van der Waals surface area contributed by atoms with Gasteiger partial charge in [0.2, 0.25) is 0 Å². The third kappa shape index (κ3) is 5.82. The molecule has 1 fully saturated rings. The summed E-state index contributed by atoms with van der Waals surface area (Å²) in [5.74, 6) is -1.80. The quantitative estimate of drug-likeness (QED) is 0.450. The topological polar surface area (TPSA) is 92.8 Å². The first-order valence-electron chi connectivity index (χ1n) is 10.4. The third-order valence-corrected chi connectivity index (χ3v) is 7.50. The second-order valence-corrected chi connectivity index (χ2v) is 10.4. The molecular weight excluding hydrogens is 518 g/mol. The fourth-order valence-electron chi connectivity index (χ4n) is 3.57. The molecule has 0 spiro atoms. The van der Waals surface area contributed by atoms with Crippen LogP contribution in [0.3, 0.4) is 0 Å². The maximum absolute atomic E-state index is 13.4. The lowest BCUT2D eigenvalue weighted by Gasteiger charge is -2.28. The van der Waals surface area contributed by atoms with Gasteiger partial charge in [-0.15, -0.1) is 0 Å². The average Bonchev–Trinajstić information content (AvgIpc) is 2.80. The maximum Gasteiger partial charge on any atom is 0.259 e. The van der Waals surface area contributed by atoms with Crippen LogP contribution < -0.4 is 9.62 Å². The molecule has 1 amide bonds. The molecule has 0 bridgehead atoms. The van der Waals surface area contributed by atoms with Crippen LogP contribution in [0.1, 0.15) is 26.3 Å². The van der Waals surface area contributed by atoms with E-state index in [0.717, 1.165) is 6.07 Å². The number of hydrogen-bond acceptors (Lipinski definition) is 5. The molecule has 1 aliphatic rings. The maximum atomic E-state index is 13.4. The molecule has 0 aliphatic carbocycles. The van der Waals surface area contributed by atoms with Crippen molar-refractivity contribution in [2.75, 3.05) is 28.7 Å². The number of carbonyl (C=O) groups excluding carboxylic acids is 2. The van der Waals surface area contributed by atoms with Crippen LogP contribution >= 0.6 is 23.2 Å². The predicted molar refractivity (Wildman–Crippen MR) is 132 cm³/mol. The SMILES string of the molecule is O=C(Cc1cc(NC(=O)c2ccc(N3CCOCS3(=O)=O)cc2Cl)ccc1Cl)c1cccc(F)c1. The summed E-state index contributed by atoms with van der Waals surface area (Å²) in [4.78, 5) is 25.4. The second-order valence-electron chi connectivity index (χ2n) is 7.74. The van der Waals surface area contributed by atoms with E-state index in [1.54, 1.807) is 18.2 Å². The summed E-state index contributed by atoms with van der Waals surface area (Å²) in [5.41, 5.74) is 1.51. The average molecular weight is 537 g/mol.